The predicted octanol–water partition coefficient (Wildman–Crippen LogP) is 3.91. The summed E-state index contributed by atoms with van der Waals surface area (Å²) in [7, 11) is -0.592. The Bertz CT molecular complexity index is 1140. The maximum atomic E-state index is 12.7. The van der Waals surface area contributed by atoms with Crippen LogP contribution in [0, 0.1) is 6.92 Å². The van der Waals surface area contributed by atoms with Gasteiger partial charge in [0.25, 0.3) is 5.91 Å². The standard InChI is InChI=1S/C23H26N2O5S/c1-16-5-12-21(13-6-16)31(27,28)25(3)15-20-11-14-22(30-20)23(26)24-17(2)18-7-9-19(29-4)10-8-18/h5-14,17H,15H2,1-4H3,(H,24,26). The van der Waals surface area contributed by atoms with E-state index >= 15 is 0 Å². The lowest BCUT2D eigenvalue weighted by Gasteiger charge is -2.16. The summed E-state index contributed by atoms with van der Waals surface area (Å²) in [6, 6.07) is 17.0. The average Bonchev–Trinajstić information content (AvgIpc) is 3.22. The summed E-state index contributed by atoms with van der Waals surface area (Å²) in [6.07, 6.45) is 0. The monoisotopic (exact) mass is 442 g/mol. The lowest BCUT2D eigenvalue weighted by atomic mass is 10.1. The van der Waals surface area contributed by atoms with Crippen LogP contribution in [0.3, 0.4) is 0 Å². The van der Waals surface area contributed by atoms with Crippen molar-refractivity contribution in [2.75, 3.05) is 14.2 Å². The zero-order valence-electron chi connectivity index (χ0n) is 18.0. The quantitative estimate of drug-likeness (QED) is 0.571. The van der Waals surface area contributed by atoms with Crippen LogP contribution in [0.1, 0.15) is 40.4 Å². The molecule has 0 saturated carbocycles. The van der Waals surface area contributed by atoms with Crippen LogP contribution < -0.4 is 10.1 Å². The Labute approximate surface area is 182 Å². The molecule has 0 radical (unpaired) electrons. The molecule has 1 aromatic heterocycles. The number of sulfonamides is 1. The SMILES string of the molecule is COc1ccc(C(C)NC(=O)c2ccc(CN(C)S(=O)(=O)c3ccc(C)cc3)o2)cc1. The summed E-state index contributed by atoms with van der Waals surface area (Å²) < 4.78 is 37.4. The maximum Gasteiger partial charge on any atom is 0.287 e. The summed E-state index contributed by atoms with van der Waals surface area (Å²) in [4.78, 5) is 12.7. The molecule has 1 N–H and O–H groups in total. The van der Waals surface area contributed by atoms with Crippen LogP contribution in [0.5, 0.6) is 5.75 Å². The van der Waals surface area contributed by atoms with Gasteiger partial charge in [0.15, 0.2) is 5.76 Å². The van der Waals surface area contributed by atoms with Crippen molar-refractivity contribution in [1.82, 2.24) is 9.62 Å². The van der Waals surface area contributed by atoms with Crippen molar-refractivity contribution in [1.29, 1.82) is 0 Å². The minimum atomic E-state index is -3.66. The van der Waals surface area contributed by atoms with Crippen molar-refractivity contribution in [2.45, 2.75) is 31.3 Å². The first kappa shape index (κ1) is 22.6. The van der Waals surface area contributed by atoms with E-state index in [-0.39, 0.29) is 29.1 Å². The number of nitrogens with zero attached hydrogens (tertiary/aromatic N) is 1. The van der Waals surface area contributed by atoms with E-state index in [4.69, 9.17) is 9.15 Å². The Morgan fingerprint density at radius 3 is 2.32 bits per heavy atom. The summed E-state index contributed by atoms with van der Waals surface area (Å²) >= 11 is 0. The van der Waals surface area contributed by atoms with Crippen LogP contribution in [0.25, 0.3) is 0 Å². The van der Waals surface area contributed by atoms with Crippen LogP contribution in [0.2, 0.25) is 0 Å². The van der Waals surface area contributed by atoms with Gasteiger partial charge in [0.1, 0.15) is 11.5 Å². The molecule has 31 heavy (non-hydrogen) atoms. The molecule has 0 aliphatic heterocycles. The minimum Gasteiger partial charge on any atom is -0.497 e. The van der Waals surface area contributed by atoms with Crippen LogP contribution in [-0.2, 0) is 16.6 Å². The van der Waals surface area contributed by atoms with Gasteiger partial charge in [-0.15, -0.1) is 0 Å². The number of nitrogens with one attached hydrogen (secondary N) is 1. The number of carbonyl (C=O) groups is 1. The van der Waals surface area contributed by atoms with Gasteiger partial charge < -0.3 is 14.5 Å². The first-order valence-electron chi connectivity index (χ1n) is 9.77. The highest BCUT2D eigenvalue weighted by atomic mass is 32.2. The lowest BCUT2D eigenvalue weighted by Crippen LogP contribution is -2.27. The van der Waals surface area contributed by atoms with Gasteiger partial charge in [-0.1, -0.05) is 29.8 Å². The third-order valence-electron chi connectivity index (χ3n) is 4.96. The van der Waals surface area contributed by atoms with E-state index in [2.05, 4.69) is 5.32 Å². The van der Waals surface area contributed by atoms with Gasteiger partial charge in [-0.2, -0.15) is 4.31 Å². The number of hydrogen-bond acceptors (Lipinski definition) is 5. The van der Waals surface area contributed by atoms with E-state index in [0.29, 0.717) is 5.76 Å². The molecule has 0 bridgehead atoms. The molecule has 3 rings (SSSR count). The molecular formula is C23H26N2O5S. The fourth-order valence-corrected chi connectivity index (χ4v) is 4.16. The molecule has 1 unspecified atom stereocenters. The normalized spacial score (nSPS) is 12.5. The second kappa shape index (κ2) is 9.36. The molecule has 2 aromatic carbocycles. The fraction of sp³-hybridized carbons (Fsp3) is 0.261. The van der Waals surface area contributed by atoms with Gasteiger partial charge in [-0.05, 0) is 55.8 Å². The Hall–Kier alpha value is -3.10. The minimum absolute atomic E-state index is 0.0114. The summed E-state index contributed by atoms with van der Waals surface area (Å²) in [6.45, 7) is 3.77. The molecule has 0 saturated heterocycles. The summed E-state index contributed by atoms with van der Waals surface area (Å²) in [5, 5.41) is 2.87. The van der Waals surface area contributed by atoms with Crippen molar-refractivity contribution in [3.63, 3.8) is 0 Å². The highest BCUT2D eigenvalue weighted by molar-refractivity contribution is 7.89. The summed E-state index contributed by atoms with van der Waals surface area (Å²) in [5.74, 6) is 0.859. The first-order valence-corrected chi connectivity index (χ1v) is 11.2. The Morgan fingerprint density at radius 1 is 1.06 bits per heavy atom. The van der Waals surface area contributed by atoms with E-state index in [1.165, 1.54) is 17.4 Å². The first-order chi connectivity index (χ1) is 14.7. The van der Waals surface area contributed by atoms with Crippen molar-refractivity contribution in [3.8, 4) is 5.75 Å². The van der Waals surface area contributed by atoms with Gasteiger partial charge in [0.05, 0.1) is 24.6 Å². The van der Waals surface area contributed by atoms with Gasteiger partial charge in [-0.25, -0.2) is 8.42 Å². The zero-order valence-corrected chi connectivity index (χ0v) is 18.8. The zero-order chi connectivity index (χ0) is 22.6. The smallest absolute Gasteiger partial charge is 0.287 e. The molecular weight excluding hydrogens is 416 g/mol. The highest BCUT2D eigenvalue weighted by Gasteiger charge is 2.23. The average molecular weight is 443 g/mol. The number of ether oxygens (including phenoxy) is 1. The van der Waals surface area contributed by atoms with Crippen LogP contribution in [0.15, 0.2) is 70.0 Å². The number of aryl methyl sites for hydroxylation is 1. The van der Waals surface area contributed by atoms with Crippen LogP contribution in [-0.4, -0.2) is 32.8 Å². The van der Waals surface area contributed by atoms with Crippen LogP contribution in [0.4, 0.5) is 0 Å². The van der Waals surface area contributed by atoms with Crippen molar-refractivity contribution >= 4 is 15.9 Å². The number of amides is 1. The molecule has 1 heterocycles. The maximum absolute atomic E-state index is 12.7. The molecule has 0 fully saturated rings. The molecule has 1 atom stereocenters. The Kier molecular flexibility index (Phi) is 6.82. The van der Waals surface area contributed by atoms with Crippen molar-refractivity contribution in [2.24, 2.45) is 0 Å². The fourth-order valence-electron chi connectivity index (χ4n) is 3.02. The molecule has 3 aromatic rings. The summed E-state index contributed by atoms with van der Waals surface area (Å²) in [5.41, 5.74) is 1.90. The molecule has 0 aliphatic carbocycles. The van der Waals surface area contributed by atoms with Gasteiger partial charge in [-0.3, -0.25) is 4.79 Å². The topological polar surface area (TPSA) is 88.9 Å². The predicted molar refractivity (Wildman–Crippen MR) is 117 cm³/mol. The largest absolute Gasteiger partial charge is 0.497 e. The highest BCUT2D eigenvalue weighted by Crippen LogP contribution is 2.20. The van der Waals surface area contributed by atoms with Crippen molar-refractivity contribution < 1.29 is 22.4 Å². The third kappa shape index (κ3) is 5.34. The number of furan rings is 1. The second-order valence-electron chi connectivity index (χ2n) is 7.31. The second-order valence-corrected chi connectivity index (χ2v) is 9.35. The number of rotatable bonds is 8. The molecule has 0 aliphatic rings. The number of methoxy groups -OCH3 is 1. The third-order valence-corrected chi connectivity index (χ3v) is 6.77. The molecule has 1 amide bonds. The van der Waals surface area contributed by atoms with Gasteiger partial charge in [0, 0.05) is 7.05 Å². The van der Waals surface area contributed by atoms with Gasteiger partial charge >= 0.3 is 0 Å². The molecule has 0 spiro atoms. The Balaban J connectivity index is 1.64. The molecule has 8 heteroatoms. The van der Waals surface area contributed by atoms with E-state index < -0.39 is 10.0 Å². The van der Waals surface area contributed by atoms with E-state index in [9.17, 15) is 13.2 Å². The van der Waals surface area contributed by atoms with E-state index in [0.717, 1.165) is 16.9 Å². The van der Waals surface area contributed by atoms with E-state index in [1.54, 1.807) is 37.4 Å². The van der Waals surface area contributed by atoms with Gasteiger partial charge in [0.2, 0.25) is 10.0 Å². The Morgan fingerprint density at radius 2 is 1.71 bits per heavy atom. The number of carbonyl (C=O) groups excluding carboxylic acids is 1. The lowest BCUT2D eigenvalue weighted by molar-refractivity contribution is 0.0909. The number of hydrogen-bond donors (Lipinski definition) is 1. The van der Waals surface area contributed by atoms with E-state index in [1.807, 2.05) is 38.1 Å². The molecule has 7 nitrogen and oxygen atoms in total. The number of benzene rings is 2. The molecule has 164 valence electrons. The van der Waals surface area contributed by atoms with Crippen molar-refractivity contribution in [3.05, 3.63) is 83.3 Å². The van der Waals surface area contributed by atoms with Crippen LogP contribution >= 0.6 is 0 Å².